The molecule has 0 unspecified atom stereocenters. The van der Waals surface area contributed by atoms with E-state index in [-0.39, 0.29) is 0 Å². The quantitative estimate of drug-likeness (QED) is 0.514. The Bertz CT molecular complexity index is 1130. The van der Waals surface area contributed by atoms with Gasteiger partial charge in [0.25, 0.3) is 0 Å². The van der Waals surface area contributed by atoms with Gasteiger partial charge in [0.1, 0.15) is 5.60 Å². The van der Waals surface area contributed by atoms with Crippen LogP contribution in [-0.2, 0) is 17.6 Å². The van der Waals surface area contributed by atoms with Crippen LogP contribution in [0, 0.1) is 0 Å². The number of piperidine rings is 1. The number of hydrogen-bond donors (Lipinski definition) is 0. The molecule has 3 nitrogen and oxygen atoms in total. The average Bonchev–Trinajstić information content (AvgIpc) is 3.19. The molecule has 1 spiro atoms. The highest BCUT2D eigenvalue weighted by Crippen LogP contribution is 2.38. The summed E-state index contributed by atoms with van der Waals surface area (Å²) in [5.74, 6) is 0. The molecular weight excluding hydrogens is 401 g/mol. The first kappa shape index (κ1) is 20.1. The summed E-state index contributed by atoms with van der Waals surface area (Å²) in [6.45, 7) is 2.61. The Balaban J connectivity index is 1.24. The van der Waals surface area contributed by atoms with E-state index in [2.05, 4.69) is 52.5 Å². The third-order valence-corrected chi connectivity index (χ3v) is 6.40. The van der Waals surface area contributed by atoms with Gasteiger partial charge in [0.05, 0.1) is 11.3 Å². The summed E-state index contributed by atoms with van der Waals surface area (Å²) in [6.07, 6.45) is -2.19. The molecule has 1 saturated heterocycles. The van der Waals surface area contributed by atoms with E-state index < -0.39 is 17.3 Å². The lowest BCUT2D eigenvalue weighted by Gasteiger charge is -2.37. The Kier molecular flexibility index (Phi) is 4.97. The highest BCUT2D eigenvalue weighted by molar-refractivity contribution is 6.01. The van der Waals surface area contributed by atoms with Crippen molar-refractivity contribution in [2.45, 2.75) is 37.6 Å². The van der Waals surface area contributed by atoms with Crippen LogP contribution < -0.4 is 0 Å². The molecule has 2 aliphatic heterocycles. The highest BCUT2D eigenvalue weighted by atomic mass is 19.4. The lowest BCUT2D eigenvalue weighted by atomic mass is 9.85. The van der Waals surface area contributed by atoms with Crippen LogP contribution in [0.4, 0.5) is 13.2 Å². The first-order chi connectivity index (χ1) is 14.9. The van der Waals surface area contributed by atoms with E-state index in [0.29, 0.717) is 17.7 Å². The first-order valence-electron chi connectivity index (χ1n) is 10.5. The van der Waals surface area contributed by atoms with Gasteiger partial charge in [-0.2, -0.15) is 13.2 Å². The van der Waals surface area contributed by atoms with E-state index in [1.165, 1.54) is 22.4 Å². The molecule has 5 rings (SSSR count). The van der Waals surface area contributed by atoms with Crippen LogP contribution in [0.15, 0.2) is 71.9 Å². The second kappa shape index (κ2) is 7.68. The van der Waals surface area contributed by atoms with E-state index in [9.17, 15) is 13.2 Å². The Morgan fingerprint density at radius 3 is 2.48 bits per heavy atom. The molecule has 0 saturated carbocycles. The number of benzene rings is 3. The number of hydrogen-bond acceptors (Lipinski definition) is 3. The largest absolute Gasteiger partial charge is 0.416 e. The summed E-state index contributed by atoms with van der Waals surface area (Å²) < 4.78 is 39.1. The number of fused-ring (bicyclic) bond motifs is 1. The zero-order valence-corrected chi connectivity index (χ0v) is 17.0. The molecule has 1 fully saturated rings. The summed E-state index contributed by atoms with van der Waals surface area (Å²) in [4.78, 5) is 8.24. The van der Waals surface area contributed by atoms with Crippen molar-refractivity contribution in [2.75, 3.05) is 13.1 Å². The van der Waals surface area contributed by atoms with Crippen LogP contribution >= 0.6 is 0 Å². The zero-order valence-electron chi connectivity index (χ0n) is 17.0. The monoisotopic (exact) mass is 424 g/mol. The lowest BCUT2D eigenvalue weighted by Crippen LogP contribution is -2.44. The average molecular weight is 424 g/mol. The summed E-state index contributed by atoms with van der Waals surface area (Å²) >= 11 is 0. The summed E-state index contributed by atoms with van der Waals surface area (Å²) in [6, 6.07) is 20.2. The Labute approximate surface area is 179 Å². The molecule has 0 bridgehead atoms. The molecule has 6 heteroatoms. The third-order valence-electron chi connectivity index (χ3n) is 6.40. The van der Waals surface area contributed by atoms with Gasteiger partial charge in [0.2, 0.25) is 0 Å². The normalized spacial score (nSPS) is 18.9. The van der Waals surface area contributed by atoms with Crippen molar-refractivity contribution in [3.05, 3.63) is 83.4 Å². The predicted octanol–water partition coefficient (Wildman–Crippen LogP) is 6.02. The molecule has 3 aromatic carbocycles. The van der Waals surface area contributed by atoms with Crippen LogP contribution in [0.5, 0.6) is 0 Å². The van der Waals surface area contributed by atoms with Gasteiger partial charge in [-0.25, -0.2) is 0 Å². The smallest absolute Gasteiger partial charge is 0.388 e. The number of rotatable bonds is 3. The maximum Gasteiger partial charge on any atom is 0.416 e. The predicted molar refractivity (Wildman–Crippen MR) is 115 cm³/mol. The van der Waals surface area contributed by atoms with E-state index >= 15 is 0 Å². The van der Waals surface area contributed by atoms with Crippen LogP contribution in [0.25, 0.3) is 10.8 Å². The zero-order chi connectivity index (χ0) is 21.5. The Hall–Kier alpha value is -2.86. The van der Waals surface area contributed by atoms with Crippen LogP contribution in [-0.4, -0.2) is 29.3 Å². The summed E-state index contributed by atoms with van der Waals surface area (Å²) in [5, 5.41) is 6.70. The van der Waals surface area contributed by atoms with Gasteiger partial charge < -0.3 is 4.84 Å². The fourth-order valence-corrected chi connectivity index (χ4v) is 4.61. The molecule has 0 radical (unpaired) electrons. The van der Waals surface area contributed by atoms with Crippen molar-refractivity contribution in [3.8, 4) is 0 Å². The van der Waals surface area contributed by atoms with Crippen molar-refractivity contribution in [3.63, 3.8) is 0 Å². The molecule has 0 amide bonds. The molecule has 0 aliphatic carbocycles. The van der Waals surface area contributed by atoms with Gasteiger partial charge in [-0.3, -0.25) is 4.90 Å². The van der Waals surface area contributed by atoms with Crippen LogP contribution in [0.3, 0.4) is 0 Å². The van der Waals surface area contributed by atoms with E-state index in [0.717, 1.165) is 44.6 Å². The maximum absolute atomic E-state index is 13.0. The van der Waals surface area contributed by atoms with Gasteiger partial charge >= 0.3 is 6.18 Å². The maximum atomic E-state index is 13.0. The number of nitrogens with zero attached hydrogens (tertiary/aromatic N) is 2. The molecule has 31 heavy (non-hydrogen) atoms. The minimum atomic E-state index is -4.36. The summed E-state index contributed by atoms with van der Waals surface area (Å²) in [7, 11) is 0. The number of oxime groups is 1. The van der Waals surface area contributed by atoms with Crippen molar-refractivity contribution < 1.29 is 18.0 Å². The lowest BCUT2D eigenvalue weighted by molar-refractivity contribution is -0.137. The van der Waals surface area contributed by atoms with Gasteiger partial charge in [-0.05, 0) is 28.5 Å². The van der Waals surface area contributed by atoms with E-state index in [4.69, 9.17) is 4.84 Å². The van der Waals surface area contributed by atoms with Gasteiger partial charge in [-0.1, -0.05) is 59.8 Å². The fraction of sp³-hybridized carbons (Fsp3) is 0.320. The summed E-state index contributed by atoms with van der Waals surface area (Å²) in [5.41, 5.74) is 1.35. The molecule has 0 atom stereocenters. The molecule has 0 N–H and O–H groups in total. The SMILES string of the molecule is FC(F)(F)c1cccc(C2=NOC3(CCN(Cc4cccc5ccccc45)CC3)C2)c1. The van der Waals surface area contributed by atoms with Crippen molar-refractivity contribution in [1.29, 1.82) is 0 Å². The highest BCUT2D eigenvalue weighted by Gasteiger charge is 2.42. The first-order valence-corrected chi connectivity index (χ1v) is 10.5. The van der Waals surface area contributed by atoms with Crippen molar-refractivity contribution in [1.82, 2.24) is 4.90 Å². The van der Waals surface area contributed by atoms with E-state index in [1.807, 2.05) is 0 Å². The number of likely N-dealkylation sites (tertiary alicyclic amines) is 1. The van der Waals surface area contributed by atoms with Gasteiger partial charge in [0, 0.05) is 44.5 Å². The van der Waals surface area contributed by atoms with Crippen LogP contribution in [0.1, 0.15) is 36.0 Å². The minimum Gasteiger partial charge on any atom is -0.388 e. The minimum absolute atomic E-state index is 0.404. The standard InChI is InChI=1S/C25H23F3N2O/c26-25(27,28)21-9-4-7-19(15-21)23-16-24(31-29-23)11-13-30(14-12-24)17-20-8-3-6-18-5-1-2-10-22(18)20/h1-10,15H,11-14,16-17H2. The van der Waals surface area contributed by atoms with Crippen molar-refractivity contribution in [2.24, 2.45) is 5.16 Å². The molecule has 160 valence electrons. The van der Waals surface area contributed by atoms with Crippen molar-refractivity contribution >= 4 is 16.5 Å². The fourth-order valence-electron chi connectivity index (χ4n) is 4.61. The van der Waals surface area contributed by atoms with Crippen LogP contribution in [0.2, 0.25) is 0 Å². The topological polar surface area (TPSA) is 24.8 Å². The molecule has 2 heterocycles. The Morgan fingerprint density at radius 1 is 0.935 bits per heavy atom. The molecule has 3 aromatic rings. The van der Waals surface area contributed by atoms with E-state index in [1.54, 1.807) is 6.07 Å². The number of alkyl halides is 3. The second-order valence-corrected chi connectivity index (χ2v) is 8.48. The molecular formula is C25H23F3N2O. The second-order valence-electron chi connectivity index (χ2n) is 8.48. The van der Waals surface area contributed by atoms with Gasteiger partial charge in [-0.15, -0.1) is 0 Å². The Morgan fingerprint density at radius 2 is 1.68 bits per heavy atom. The molecule has 0 aromatic heterocycles. The third kappa shape index (κ3) is 4.04. The molecule has 2 aliphatic rings. The van der Waals surface area contributed by atoms with Gasteiger partial charge in [0.15, 0.2) is 0 Å². The number of halogens is 3.